The number of hydrogen-bond donors (Lipinski definition) is 0. The van der Waals surface area contributed by atoms with E-state index in [0.717, 1.165) is 0 Å². The lowest BCUT2D eigenvalue weighted by Gasteiger charge is -2.34. The highest BCUT2D eigenvalue weighted by Gasteiger charge is 2.25. The molecule has 0 saturated carbocycles. The Labute approximate surface area is 162 Å². The Morgan fingerprint density at radius 3 is 2.23 bits per heavy atom. The lowest BCUT2D eigenvalue weighted by molar-refractivity contribution is -0.134. The Morgan fingerprint density at radius 1 is 0.923 bits per heavy atom. The summed E-state index contributed by atoms with van der Waals surface area (Å²) < 4.78 is 5.49. The molecule has 1 fully saturated rings. The molecule has 2 aromatic rings. The summed E-state index contributed by atoms with van der Waals surface area (Å²) in [6.45, 7) is 1.86. The number of ether oxygens (including phenoxy) is 1. The van der Waals surface area contributed by atoms with Gasteiger partial charge in [0.1, 0.15) is 5.75 Å². The van der Waals surface area contributed by atoms with Crippen LogP contribution in [0.1, 0.15) is 10.4 Å². The van der Waals surface area contributed by atoms with Crippen molar-refractivity contribution in [1.29, 1.82) is 0 Å². The summed E-state index contributed by atoms with van der Waals surface area (Å²) in [6, 6.07) is 14.0. The molecule has 0 bridgehead atoms. The largest absolute Gasteiger partial charge is 0.482 e. The summed E-state index contributed by atoms with van der Waals surface area (Å²) in [4.78, 5) is 28.2. The Bertz CT molecular complexity index is 791. The van der Waals surface area contributed by atoms with Gasteiger partial charge in [-0.05, 0) is 30.3 Å². The molecule has 136 valence electrons. The van der Waals surface area contributed by atoms with Crippen LogP contribution in [-0.4, -0.2) is 54.4 Å². The van der Waals surface area contributed by atoms with Gasteiger partial charge in [-0.1, -0.05) is 41.4 Å². The van der Waals surface area contributed by atoms with Crippen LogP contribution in [0.5, 0.6) is 5.75 Å². The first-order chi connectivity index (χ1) is 12.5. The Hall–Kier alpha value is -2.24. The zero-order valence-electron chi connectivity index (χ0n) is 14.0. The zero-order valence-corrected chi connectivity index (χ0v) is 15.5. The molecule has 0 spiro atoms. The average Bonchev–Trinajstić information content (AvgIpc) is 2.67. The molecule has 0 unspecified atom stereocenters. The Balaban J connectivity index is 1.50. The van der Waals surface area contributed by atoms with Gasteiger partial charge in [-0.15, -0.1) is 0 Å². The standard InChI is InChI=1S/C19H18Cl2N2O3/c20-15-6-7-17(16(21)12-15)26-13-18(24)22-8-10-23(11-9-22)19(25)14-4-2-1-3-5-14/h1-7,12H,8-11,13H2. The zero-order chi connectivity index (χ0) is 18.5. The van der Waals surface area contributed by atoms with Gasteiger partial charge in [-0.2, -0.15) is 0 Å². The maximum Gasteiger partial charge on any atom is 0.260 e. The minimum Gasteiger partial charge on any atom is -0.482 e. The first kappa shape index (κ1) is 18.5. The normalized spacial score (nSPS) is 14.2. The Kier molecular flexibility index (Phi) is 6.01. The lowest BCUT2D eigenvalue weighted by Crippen LogP contribution is -2.51. The SMILES string of the molecule is O=C(COc1ccc(Cl)cc1Cl)N1CCN(C(=O)c2ccccc2)CC1. The number of halogens is 2. The number of nitrogens with zero attached hydrogens (tertiary/aromatic N) is 2. The number of rotatable bonds is 4. The molecule has 0 aliphatic carbocycles. The van der Waals surface area contributed by atoms with Crippen molar-refractivity contribution in [2.24, 2.45) is 0 Å². The molecule has 2 aromatic carbocycles. The second kappa shape index (κ2) is 8.43. The summed E-state index contributed by atoms with van der Waals surface area (Å²) in [6.07, 6.45) is 0. The van der Waals surface area contributed by atoms with Gasteiger partial charge in [0.15, 0.2) is 6.61 Å². The third kappa shape index (κ3) is 4.48. The summed E-state index contributed by atoms with van der Waals surface area (Å²) >= 11 is 11.9. The molecule has 1 aliphatic heterocycles. The Morgan fingerprint density at radius 2 is 1.58 bits per heavy atom. The van der Waals surface area contributed by atoms with Crippen LogP contribution in [0.4, 0.5) is 0 Å². The monoisotopic (exact) mass is 392 g/mol. The average molecular weight is 393 g/mol. The molecular weight excluding hydrogens is 375 g/mol. The minimum absolute atomic E-state index is 0.0121. The van der Waals surface area contributed by atoms with Crippen LogP contribution in [0.3, 0.4) is 0 Å². The van der Waals surface area contributed by atoms with Crippen molar-refractivity contribution in [3.05, 3.63) is 64.1 Å². The van der Waals surface area contributed by atoms with Crippen molar-refractivity contribution in [2.45, 2.75) is 0 Å². The van der Waals surface area contributed by atoms with Gasteiger partial charge in [-0.3, -0.25) is 9.59 Å². The summed E-state index contributed by atoms with van der Waals surface area (Å²) in [5, 5.41) is 0.872. The highest BCUT2D eigenvalue weighted by atomic mass is 35.5. The van der Waals surface area contributed by atoms with E-state index in [1.165, 1.54) is 0 Å². The molecule has 5 nitrogen and oxygen atoms in total. The molecule has 1 aliphatic rings. The van der Waals surface area contributed by atoms with Gasteiger partial charge in [0, 0.05) is 36.8 Å². The second-order valence-corrected chi connectivity index (χ2v) is 6.75. The second-order valence-electron chi connectivity index (χ2n) is 5.90. The number of benzene rings is 2. The molecule has 1 heterocycles. The molecule has 0 aromatic heterocycles. The third-order valence-electron chi connectivity index (χ3n) is 4.19. The number of hydrogen-bond acceptors (Lipinski definition) is 3. The molecule has 0 radical (unpaired) electrons. The first-order valence-electron chi connectivity index (χ1n) is 8.24. The van der Waals surface area contributed by atoms with Gasteiger partial charge in [0.25, 0.3) is 11.8 Å². The molecular formula is C19H18Cl2N2O3. The van der Waals surface area contributed by atoms with Gasteiger partial charge in [0.2, 0.25) is 0 Å². The van der Waals surface area contributed by atoms with E-state index in [2.05, 4.69) is 0 Å². The summed E-state index contributed by atoms with van der Waals surface area (Å²) in [5.41, 5.74) is 0.660. The smallest absolute Gasteiger partial charge is 0.260 e. The van der Waals surface area contributed by atoms with Crippen LogP contribution in [0.15, 0.2) is 48.5 Å². The van der Waals surface area contributed by atoms with Crippen LogP contribution >= 0.6 is 23.2 Å². The highest BCUT2D eigenvalue weighted by Crippen LogP contribution is 2.27. The van der Waals surface area contributed by atoms with E-state index < -0.39 is 0 Å². The lowest BCUT2D eigenvalue weighted by atomic mass is 10.2. The number of piperazine rings is 1. The van der Waals surface area contributed by atoms with Crippen LogP contribution < -0.4 is 4.74 Å². The quantitative estimate of drug-likeness (QED) is 0.801. The van der Waals surface area contributed by atoms with E-state index in [1.807, 2.05) is 18.2 Å². The maximum atomic E-state index is 12.4. The fourth-order valence-corrected chi connectivity index (χ4v) is 3.21. The third-order valence-corrected chi connectivity index (χ3v) is 4.72. The predicted octanol–water partition coefficient (Wildman–Crippen LogP) is 3.36. The fraction of sp³-hybridized carbons (Fsp3) is 0.263. The van der Waals surface area contributed by atoms with Crippen molar-refractivity contribution in [1.82, 2.24) is 9.80 Å². The van der Waals surface area contributed by atoms with E-state index in [9.17, 15) is 9.59 Å². The van der Waals surface area contributed by atoms with Crippen LogP contribution in [-0.2, 0) is 4.79 Å². The number of amides is 2. The van der Waals surface area contributed by atoms with Gasteiger partial charge in [0.05, 0.1) is 5.02 Å². The van der Waals surface area contributed by atoms with Crippen molar-refractivity contribution >= 4 is 35.0 Å². The molecule has 3 rings (SSSR count). The van der Waals surface area contributed by atoms with E-state index >= 15 is 0 Å². The van der Waals surface area contributed by atoms with Crippen LogP contribution in [0.25, 0.3) is 0 Å². The van der Waals surface area contributed by atoms with Crippen LogP contribution in [0.2, 0.25) is 10.0 Å². The van der Waals surface area contributed by atoms with E-state index in [1.54, 1.807) is 40.1 Å². The van der Waals surface area contributed by atoms with E-state index in [4.69, 9.17) is 27.9 Å². The fourth-order valence-electron chi connectivity index (χ4n) is 2.75. The molecule has 1 saturated heterocycles. The van der Waals surface area contributed by atoms with Crippen molar-refractivity contribution in [3.63, 3.8) is 0 Å². The maximum absolute atomic E-state index is 12.4. The molecule has 26 heavy (non-hydrogen) atoms. The van der Waals surface area contributed by atoms with Crippen molar-refractivity contribution in [3.8, 4) is 5.75 Å². The highest BCUT2D eigenvalue weighted by molar-refractivity contribution is 6.35. The summed E-state index contributed by atoms with van der Waals surface area (Å²) in [5.74, 6) is 0.270. The van der Waals surface area contributed by atoms with E-state index in [0.29, 0.717) is 47.5 Å². The summed E-state index contributed by atoms with van der Waals surface area (Å²) in [7, 11) is 0. The van der Waals surface area contributed by atoms with Crippen molar-refractivity contribution < 1.29 is 14.3 Å². The number of carbonyl (C=O) groups is 2. The molecule has 2 amide bonds. The predicted molar refractivity (Wildman–Crippen MR) is 101 cm³/mol. The van der Waals surface area contributed by atoms with Gasteiger partial charge < -0.3 is 14.5 Å². The molecule has 7 heteroatoms. The molecule has 0 N–H and O–H groups in total. The number of carbonyl (C=O) groups excluding carboxylic acids is 2. The van der Waals surface area contributed by atoms with E-state index in [-0.39, 0.29) is 18.4 Å². The van der Waals surface area contributed by atoms with Crippen LogP contribution in [0, 0.1) is 0 Å². The minimum atomic E-state index is -0.136. The topological polar surface area (TPSA) is 49.9 Å². The van der Waals surface area contributed by atoms with Gasteiger partial charge in [-0.25, -0.2) is 0 Å². The van der Waals surface area contributed by atoms with Gasteiger partial charge >= 0.3 is 0 Å². The van der Waals surface area contributed by atoms with Crippen molar-refractivity contribution in [2.75, 3.05) is 32.8 Å². The molecule has 0 atom stereocenters. The first-order valence-corrected chi connectivity index (χ1v) is 9.00.